The SMILES string of the molecule is CCN1CCN(c2ccc(NC(=O)c3cc4cc([N+](=O)[O-])ccc4s3)c(C)c2)CC1. The fraction of sp³-hybridized carbons (Fsp3) is 0.318. The van der Waals surface area contributed by atoms with Gasteiger partial charge in [-0.1, -0.05) is 6.92 Å². The van der Waals surface area contributed by atoms with Crippen LogP contribution in [0.2, 0.25) is 0 Å². The van der Waals surface area contributed by atoms with Crippen molar-refractivity contribution in [2.24, 2.45) is 0 Å². The van der Waals surface area contributed by atoms with Crippen molar-refractivity contribution in [3.05, 3.63) is 63.0 Å². The van der Waals surface area contributed by atoms with Gasteiger partial charge < -0.3 is 15.1 Å². The molecule has 3 aromatic rings. The molecule has 0 bridgehead atoms. The number of non-ortho nitro benzene ring substituents is 1. The number of rotatable bonds is 5. The third-order valence-corrected chi connectivity index (χ3v) is 6.69. The highest BCUT2D eigenvalue weighted by Crippen LogP contribution is 2.30. The Hall–Kier alpha value is -2.97. The van der Waals surface area contributed by atoms with Crippen molar-refractivity contribution >= 4 is 44.4 Å². The van der Waals surface area contributed by atoms with Gasteiger partial charge in [-0.3, -0.25) is 14.9 Å². The van der Waals surface area contributed by atoms with Crippen LogP contribution in [-0.2, 0) is 0 Å². The Morgan fingerprint density at radius 1 is 1.13 bits per heavy atom. The molecule has 1 N–H and O–H groups in total. The summed E-state index contributed by atoms with van der Waals surface area (Å²) in [6.45, 7) is 9.42. The molecule has 0 spiro atoms. The lowest BCUT2D eigenvalue weighted by molar-refractivity contribution is -0.384. The lowest BCUT2D eigenvalue weighted by Gasteiger charge is -2.35. The first-order chi connectivity index (χ1) is 14.4. The minimum atomic E-state index is -0.427. The summed E-state index contributed by atoms with van der Waals surface area (Å²) in [6, 6.07) is 12.5. The van der Waals surface area contributed by atoms with Crippen LogP contribution in [0, 0.1) is 17.0 Å². The van der Waals surface area contributed by atoms with Gasteiger partial charge in [0, 0.05) is 59.8 Å². The summed E-state index contributed by atoms with van der Waals surface area (Å²) in [5.74, 6) is -0.203. The normalized spacial score (nSPS) is 14.8. The summed E-state index contributed by atoms with van der Waals surface area (Å²) >= 11 is 1.33. The average Bonchev–Trinajstić information content (AvgIpc) is 3.19. The fourth-order valence-corrected chi connectivity index (χ4v) is 4.69. The fourth-order valence-electron chi connectivity index (χ4n) is 3.75. The molecule has 4 rings (SSSR count). The first-order valence-corrected chi connectivity index (χ1v) is 10.8. The average molecular weight is 425 g/mol. The van der Waals surface area contributed by atoms with E-state index in [9.17, 15) is 14.9 Å². The Bertz CT molecular complexity index is 1100. The van der Waals surface area contributed by atoms with Crippen LogP contribution in [0.4, 0.5) is 17.1 Å². The first kappa shape index (κ1) is 20.3. The van der Waals surface area contributed by atoms with Gasteiger partial charge in [-0.2, -0.15) is 0 Å². The van der Waals surface area contributed by atoms with Gasteiger partial charge in [0.1, 0.15) is 0 Å². The number of likely N-dealkylation sites (N-methyl/N-ethyl adjacent to an activating group) is 1. The minimum absolute atomic E-state index is 0.0264. The molecule has 2 heterocycles. The zero-order valence-electron chi connectivity index (χ0n) is 17.1. The Morgan fingerprint density at radius 2 is 1.90 bits per heavy atom. The number of nitrogens with one attached hydrogen (secondary N) is 1. The molecule has 8 heteroatoms. The predicted octanol–water partition coefficient (Wildman–Crippen LogP) is 4.51. The molecule has 1 fully saturated rings. The Balaban J connectivity index is 1.48. The predicted molar refractivity (Wildman–Crippen MR) is 122 cm³/mol. The second-order valence-electron chi connectivity index (χ2n) is 7.46. The molecule has 156 valence electrons. The van der Waals surface area contributed by atoms with E-state index in [1.54, 1.807) is 12.1 Å². The maximum Gasteiger partial charge on any atom is 0.270 e. The van der Waals surface area contributed by atoms with Gasteiger partial charge in [0.2, 0.25) is 0 Å². The Morgan fingerprint density at radius 3 is 2.57 bits per heavy atom. The lowest BCUT2D eigenvalue weighted by atomic mass is 10.1. The third-order valence-electron chi connectivity index (χ3n) is 5.58. The highest BCUT2D eigenvalue weighted by atomic mass is 32.1. The Kier molecular flexibility index (Phi) is 5.69. The van der Waals surface area contributed by atoms with Gasteiger partial charge in [0.15, 0.2) is 0 Å². The second kappa shape index (κ2) is 8.41. The van der Waals surface area contributed by atoms with E-state index in [0.717, 1.165) is 48.7 Å². The van der Waals surface area contributed by atoms with Crippen LogP contribution in [0.3, 0.4) is 0 Å². The molecule has 1 amide bonds. The minimum Gasteiger partial charge on any atom is -0.369 e. The molecule has 0 atom stereocenters. The van der Waals surface area contributed by atoms with Gasteiger partial charge in [-0.15, -0.1) is 11.3 Å². The molecule has 1 saturated heterocycles. The number of carbonyl (C=O) groups excluding carboxylic acids is 1. The zero-order chi connectivity index (χ0) is 21.3. The van der Waals surface area contributed by atoms with Crippen molar-refractivity contribution in [2.75, 3.05) is 42.9 Å². The van der Waals surface area contributed by atoms with Crippen molar-refractivity contribution in [2.45, 2.75) is 13.8 Å². The molecule has 1 aliphatic rings. The molecule has 1 aromatic heterocycles. The standard InChI is InChI=1S/C22H24N4O3S/c1-3-24-8-10-25(11-9-24)17-4-6-19(15(2)12-17)23-22(27)21-14-16-13-18(26(28)29)5-7-20(16)30-21/h4-7,12-14H,3,8-11H2,1-2H3,(H,23,27). The molecule has 30 heavy (non-hydrogen) atoms. The van der Waals surface area contributed by atoms with Crippen LogP contribution < -0.4 is 10.2 Å². The van der Waals surface area contributed by atoms with Crippen LogP contribution in [-0.4, -0.2) is 48.5 Å². The maximum atomic E-state index is 12.8. The Labute approximate surface area is 179 Å². The number of aryl methyl sites for hydroxylation is 1. The summed E-state index contributed by atoms with van der Waals surface area (Å²) in [6.07, 6.45) is 0. The van der Waals surface area contributed by atoms with Crippen LogP contribution in [0.25, 0.3) is 10.1 Å². The van der Waals surface area contributed by atoms with E-state index in [4.69, 9.17) is 0 Å². The number of fused-ring (bicyclic) bond motifs is 1. The van der Waals surface area contributed by atoms with Gasteiger partial charge in [-0.25, -0.2) is 0 Å². The number of piperazine rings is 1. The number of amides is 1. The molecule has 0 aliphatic carbocycles. The van der Waals surface area contributed by atoms with Crippen molar-refractivity contribution in [1.82, 2.24) is 4.90 Å². The maximum absolute atomic E-state index is 12.8. The van der Waals surface area contributed by atoms with Gasteiger partial charge >= 0.3 is 0 Å². The number of nitro benzene ring substituents is 1. The molecule has 7 nitrogen and oxygen atoms in total. The van der Waals surface area contributed by atoms with Crippen molar-refractivity contribution in [3.8, 4) is 0 Å². The molecular formula is C22H24N4O3S. The summed E-state index contributed by atoms with van der Waals surface area (Å²) < 4.78 is 0.851. The molecular weight excluding hydrogens is 400 g/mol. The van der Waals surface area contributed by atoms with Crippen LogP contribution >= 0.6 is 11.3 Å². The van der Waals surface area contributed by atoms with Gasteiger partial charge in [0.05, 0.1) is 9.80 Å². The number of thiophene rings is 1. The highest BCUT2D eigenvalue weighted by Gasteiger charge is 2.18. The topological polar surface area (TPSA) is 78.7 Å². The van der Waals surface area contributed by atoms with E-state index in [2.05, 4.69) is 34.2 Å². The van der Waals surface area contributed by atoms with Crippen LogP contribution in [0.15, 0.2) is 42.5 Å². The van der Waals surface area contributed by atoms with Gasteiger partial charge in [0.25, 0.3) is 11.6 Å². The van der Waals surface area contributed by atoms with E-state index in [-0.39, 0.29) is 11.6 Å². The summed E-state index contributed by atoms with van der Waals surface area (Å²) in [7, 11) is 0. The smallest absolute Gasteiger partial charge is 0.270 e. The monoisotopic (exact) mass is 424 g/mol. The second-order valence-corrected chi connectivity index (χ2v) is 8.55. The molecule has 2 aromatic carbocycles. The van der Waals surface area contributed by atoms with E-state index in [1.165, 1.54) is 29.2 Å². The van der Waals surface area contributed by atoms with E-state index < -0.39 is 4.92 Å². The molecule has 1 aliphatic heterocycles. The van der Waals surface area contributed by atoms with Crippen molar-refractivity contribution in [3.63, 3.8) is 0 Å². The number of nitro groups is 1. The third kappa shape index (κ3) is 4.15. The van der Waals surface area contributed by atoms with E-state index >= 15 is 0 Å². The largest absolute Gasteiger partial charge is 0.369 e. The molecule has 0 unspecified atom stereocenters. The zero-order valence-corrected chi connectivity index (χ0v) is 17.9. The van der Waals surface area contributed by atoms with E-state index in [1.807, 2.05) is 13.0 Å². The van der Waals surface area contributed by atoms with Crippen LogP contribution in [0.5, 0.6) is 0 Å². The molecule has 0 saturated carbocycles. The summed E-state index contributed by atoms with van der Waals surface area (Å²) in [5.41, 5.74) is 2.99. The number of hydrogen-bond acceptors (Lipinski definition) is 6. The number of anilines is 2. The molecule has 0 radical (unpaired) electrons. The summed E-state index contributed by atoms with van der Waals surface area (Å²) in [4.78, 5) is 28.6. The number of carbonyl (C=O) groups is 1. The quantitative estimate of drug-likeness (QED) is 0.481. The van der Waals surface area contributed by atoms with E-state index in [0.29, 0.717) is 10.3 Å². The van der Waals surface area contributed by atoms with Crippen LogP contribution in [0.1, 0.15) is 22.2 Å². The number of benzene rings is 2. The van der Waals surface area contributed by atoms with Crippen molar-refractivity contribution in [1.29, 1.82) is 0 Å². The summed E-state index contributed by atoms with van der Waals surface area (Å²) in [5, 5.41) is 14.6. The highest BCUT2D eigenvalue weighted by molar-refractivity contribution is 7.20. The first-order valence-electron chi connectivity index (χ1n) is 10.0. The number of hydrogen-bond donors (Lipinski definition) is 1. The number of nitrogens with zero attached hydrogens (tertiary/aromatic N) is 3. The van der Waals surface area contributed by atoms with Gasteiger partial charge in [-0.05, 0) is 49.4 Å². The van der Waals surface area contributed by atoms with Crippen molar-refractivity contribution < 1.29 is 9.72 Å². The lowest BCUT2D eigenvalue weighted by Crippen LogP contribution is -2.46.